The third-order valence-electron chi connectivity index (χ3n) is 4.78. The van der Waals surface area contributed by atoms with Crippen molar-refractivity contribution in [2.45, 2.75) is 39.3 Å². The van der Waals surface area contributed by atoms with Crippen molar-refractivity contribution in [3.05, 3.63) is 41.3 Å². The summed E-state index contributed by atoms with van der Waals surface area (Å²) in [6.07, 6.45) is 6.10. The van der Waals surface area contributed by atoms with Crippen LogP contribution in [0.4, 0.5) is 10.6 Å². The van der Waals surface area contributed by atoms with Crippen molar-refractivity contribution in [3.8, 4) is 0 Å². The first-order valence-electron chi connectivity index (χ1n) is 8.77. The summed E-state index contributed by atoms with van der Waals surface area (Å²) in [5.74, 6) is 1.02. The molecule has 134 valence electrons. The lowest BCUT2D eigenvalue weighted by atomic mass is 10.1. The lowest BCUT2D eigenvalue weighted by Gasteiger charge is -2.17. The number of carbonyl (C=O) groups is 1. The molecule has 1 aliphatic rings. The van der Waals surface area contributed by atoms with E-state index in [2.05, 4.69) is 25.6 Å². The van der Waals surface area contributed by atoms with Gasteiger partial charge in [0, 0.05) is 44.1 Å². The molecule has 0 saturated carbocycles. The molecular formula is C18H26N6O. The number of nitrogens with zero attached hydrogens (tertiary/aromatic N) is 4. The van der Waals surface area contributed by atoms with Gasteiger partial charge in [0.05, 0.1) is 12.2 Å². The van der Waals surface area contributed by atoms with E-state index in [0.717, 1.165) is 35.7 Å². The predicted molar refractivity (Wildman–Crippen MR) is 97.4 cm³/mol. The SMILES string of the molecule is Cc1c([C@@H](C)NC(=O)NCc2ccc(N3CCCC3)nc2)cnn1C. The Kier molecular flexibility index (Phi) is 5.21. The minimum absolute atomic E-state index is 0.0932. The van der Waals surface area contributed by atoms with E-state index in [0.29, 0.717) is 6.54 Å². The summed E-state index contributed by atoms with van der Waals surface area (Å²) in [7, 11) is 1.89. The number of anilines is 1. The van der Waals surface area contributed by atoms with Gasteiger partial charge in [0.15, 0.2) is 0 Å². The Bertz CT molecular complexity index is 718. The highest BCUT2D eigenvalue weighted by Crippen LogP contribution is 2.18. The van der Waals surface area contributed by atoms with Crippen molar-refractivity contribution in [3.63, 3.8) is 0 Å². The fourth-order valence-electron chi connectivity index (χ4n) is 3.10. The molecular weight excluding hydrogens is 316 g/mol. The van der Waals surface area contributed by atoms with Crippen molar-refractivity contribution >= 4 is 11.8 Å². The Morgan fingerprint density at radius 3 is 2.64 bits per heavy atom. The van der Waals surface area contributed by atoms with E-state index in [9.17, 15) is 4.79 Å². The number of rotatable bonds is 5. The van der Waals surface area contributed by atoms with Gasteiger partial charge < -0.3 is 15.5 Å². The minimum Gasteiger partial charge on any atom is -0.357 e. The van der Waals surface area contributed by atoms with Crippen LogP contribution in [0, 0.1) is 6.92 Å². The van der Waals surface area contributed by atoms with Crippen LogP contribution in [0.25, 0.3) is 0 Å². The lowest BCUT2D eigenvalue weighted by Crippen LogP contribution is -2.36. The van der Waals surface area contributed by atoms with Crippen LogP contribution in [0.3, 0.4) is 0 Å². The van der Waals surface area contributed by atoms with E-state index in [1.807, 2.05) is 39.2 Å². The summed E-state index contributed by atoms with van der Waals surface area (Å²) in [4.78, 5) is 18.9. The third-order valence-corrected chi connectivity index (χ3v) is 4.78. The number of hydrogen-bond acceptors (Lipinski definition) is 4. The molecule has 0 aromatic carbocycles. The van der Waals surface area contributed by atoms with Gasteiger partial charge in [0.2, 0.25) is 0 Å². The molecule has 1 fully saturated rings. The normalized spacial score (nSPS) is 15.2. The summed E-state index contributed by atoms with van der Waals surface area (Å²) in [6.45, 7) is 6.57. The Morgan fingerprint density at radius 2 is 2.04 bits per heavy atom. The van der Waals surface area contributed by atoms with Gasteiger partial charge in [-0.05, 0) is 38.3 Å². The molecule has 2 amide bonds. The van der Waals surface area contributed by atoms with E-state index >= 15 is 0 Å². The Morgan fingerprint density at radius 1 is 1.28 bits per heavy atom. The summed E-state index contributed by atoms with van der Waals surface area (Å²) in [6, 6.07) is 3.76. The second-order valence-corrected chi connectivity index (χ2v) is 6.58. The maximum Gasteiger partial charge on any atom is 0.315 e. The van der Waals surface area contributed by atoms with Crippen LogP contribution in [0.1, 0.15) is 42.6 Å². The van der Waals surface area contributed by atoms with Gasteiger partial charge >= 0.3 is 6.03 Å². The Labute approximate surface area is 148 Å². The minimum atomic E-state index is -0.195. The van der Waals surface area contributed by atoms with Crippen molar-refractivity contribution in [2.24, 2.45) is 7.05 Å². The second-order valence-electron chi connectivity index (χ2n) is 6.58. The number of amides is 2. The van der Waals surface area contributed by atoms with Gasteiger partial charge in [0.1, 0.15) is 5.82 Å². The highest BCUT2D eigenvalue weighted by molar-refractivity contribution is 5.74. The molecule has 2 aromatic heterocycles. The second kappa shape index (κ2) is 7.55. The zero-order valence-corrected chi connectivity index (χ0v) is 15.1. The van der Waals surface area contributed by atoms with Crippen LogP contribution < -0.4 is 15.5 Å². The van der Waals surface area contributed by atoms with Crippen LogP contribution in [0.2, 0.25) is 0 Å². The third kappa shape index (κ3) is 4.10. The number of aryl methyl sites for hydroxylation is 1. The van der Waals surface area contributed by atoms with Gasteiger partial charge in [-0.15, -0.1) is 0 Å². The Balaban J connectivity index is 1.49. The van der Waals surface area contributed by atoms with Crippen LogP contribution in [0.5, 0.6) is 0 Å². The lowest BCUT2D eigenvalue weighted by molar-refractivity contribution is 0.237. The molecule has 7 heteroatoms. The quantitative estimate of drug-likeness (QED) is 0.874. The fourth-order valence-corrected chi connectivity index (χ4v) is 3.10. The fraction of sp³-hybridized carbons (Fsp3) is 0.500. The smallest absolute Gasteiger partial charge is 0.315 e. The molecule has 25 heavy (non-hydrogen) atoms. The van der Waals surface area contributed by atoms with Gasteiger partial charge in [-0.1, -0.05) is 6.07 Å². The number of aromatic nitrogens is 3. The van der Waals surface area contributed by atoms with Gasteiger partial charge in [-0.2, -0.15) is 5.10 Å². The standard InChI is InChI=1S/C18H26N6O/c1-13(16-12-21-23(3)14(16)2)22-18(25)20-11-15-6-7-17(19-10-15)24-8-4-5-9-24/h6-7,10,12-13H,4-5,8-9,11H2,1-3H3,(H2,20,22,25)/t13-/m1/s1. The molecule has 1 saturated heterocycles. The maximum atomic E-state index is 12.1. The number of carbonyl (C=O) groups excluding carboxylic acids is 1. The molecule has 3 rings (SSSR count). The molecule has 3 heterocycles. The van der Waals surface area contributed by atoms with Crippen LogP contribution >= 0.6 is 0 Å². The highest BCUT2D eigenvalue weighted by atomic mass is 16.2. The molecule has 2 N–H and O–H groups in total. The number of urea groups is 1. The summed E-state index contributed by atoms with van der Waals surface area (Å²) < 4.78 is 1.80. The molecule has 0 unspecified atom stereocenters. The first-order valence-corrected chi connectivity index (χ1v) is 8.77. The zero-order valence-electron chi connectivity index (χ0n) is 15.1. The van der Waals surface area contributed by atoms with E-state index in [4.69, 9.17) is 0 Å². The van der Waals surface area contributed by atoms with Gasteiger partial charge in [-0.3, -0.25) is 4.68 Å². The summed E-state index contributed by atoms with van der Waals surface area (Å²) in [5.41, 5.74) is 3.06. The van der Waals surface area contributed by atoms with Crippen molar-refractivity contribution in [2.75, 3.05) is 18.0 Å². The first kappa shape index (κ1) is 17.3. The first-order chi connectivity index (χ1) is 12.0. The number of nitrogens with one attached hydrogen (secondary N) is 2. The topological polar surface area (TPSA) is 75.1 Å². The van der Waals surface area contributed by atoms with Gasteiger partial charge in [-0.25, -0.2) is 9.78 Å². The van der Waals surface area contributed by atoms with Crippen molar-refractivity contribution in [1.29, 1.82) is 0 Å². The van der Waals surface area contributed by atoms with Crippen molar-refractivity contribution in [1.82, 2.24) is 25.4 Å². The average molecular weight is 342 g/mol. The molecule has 2 aromatic rings. The number of hydrogen-bond donors (Lipinski definition) is 2. The van der Waals surface area contributed by atoms with Crippen LogP contribution in [-0.2, 0) is 13.6 Å². The van der Waals surface area contributed by atoms with Crippen molar-refractivity contribution < 1.29 is 4.79 Å². The molecule has 0 radical (unpaired) electrons. The predicted octanol–water partition coefficient (Wildman–Crippen LogP) is 2.28. The van der Waals surface area contributed by atoms with E-state index in [-0.39, 0.29) is 12.1 Å². The summed E-state index contributed by atoms with van der Waals surface area (Å²) in [5, 5.41) is 10.0. The van der Waals surface area contributed by atoms with Crippen LogP contribution in [-0.4, -0.2) is 33.9 Å². The zero-order chi connectivity index (χ0) is 17.8. The molecule has 1 atom stereocenters. The van der Waals surface area contributed by atoms with Gasteiger partial charge in [0.25, 0.3) is 0 Å². The van der Waals surface area contributed by atoms with E-state index in [1.54, 1.807) is 10.9 Å². The van der Waals surface area contributed by atoms with Crippen LogP contribution in [0.15, 0.2) is 24.5 Å². The molecule has 7 nitrogen and oxygen atoms in total. The maximum absolute atomic E-state index is 12.1. The molecule has 1 aliphatic heterocycles. The highest BCUT2D eigenvalue weighted by Gasteiger charge is 2.15. The average Bonchev–Trinajstić information content (AvgIpc) is 3.25. The summed E-state index contributed by atoms with van der Waals surface area (Å²) >= 11 is 0. The largest absolute Gasteiger partial charge is 0.357 e. The molecule has 0 bridgehead atoms. The monoisotopic (exact) mass is 342 g/mol. The van der Waals surface area contributed by atoms with E-state index < -0.39 is 0 Å². The molecule has 0 aliphatic carbocycles. The number of pyridine rings is 1. The Hall–Kier alpha value is -2.57. The van der Waals surface area contributed by atoms with E-state index in [1.165, 1.54) is 12.8 Å². The molecule has 0 spiro atoms.